The number of nitrogens with one attached hydrogen (secondary N) is 1. The summed E-state index contributed by atoms with van der Waals surface area (Å²) < 4.78 is 39.3. The van der Waals surface area contributed by atoms with E-state index in [1.807, 2.05) is 36.4 Å². The lowest BCUT2D eigenvalue weighted by Gasteiger charge is -2.17. The van der Waals surface area contributed by atoms with E-state index < -0.39 is 17.0 Å². The van der Waals surface area contributed by atoms with Crippen molar-refractivity contribution in [2.24, 2.45) is 0 Å². The Morgan fingerprint density at radius 2 is 1.85 bits per heavy atom. The number of ketones is 1. The molecule has 1 aliphatic carbocycles. The van der Waals surface area contributed by atoms with E-state index in [2.05, 4.69) is 5.32 Å². The molecule has 6 heteroatoms. The number of Topliss-reactive ketones (excluding diaryl/α,β-unsaturated/α-hetero) is 1. The second kappa shape index (κ2) is 6.60. The fourth-order valence-electron chi connectivity index (χ4n) is 3.58. The SMILES string of the molecule is CNC1=C(c2cccc(C(F)(F)F)c2)C(=O)C(C2C=Cc3ccccc32)S1. The maximum Gasteiger partial charge on any atom is 0.416 e. The minimum Gasteiger partial charge on any atom is -0.382 e. The molecule has 1 aliphatic heterocycles. The molecule has 1 N–H and O–H groups in total. The molecule has 2 nitrogen and oxygen atoms in total. The van der Waals surface area contributed by atoms with E-state index in [9.17, 15) is 18.0 Å². The highest BCUT2D eigenvalue weighted by atomic mass is 32.2. The first-order valence-corrected chi connectivity index (χ1v) is 9.36. The molecule has 2 atom stereocenters. The van der Waals surface area contributed by atoms with Gasteiger partial charge in [-0.25, -0.2) is 0 Å². The van der Waals surface area contributed by atoms with Crippen LogP contribution in [-0.2, 0) is 11.0 Å². The number of carbonyl (C=O) groups excluding carboxylic acids is 1. The summed E-state index contributed by atoms with van der Waals surface area (Å²) in [6.45, 7) is 0. The summed E-state index contributed by atoms with van der Waals surface area (Å²) in [4.78, 5) is 13.2. The Hall–Kier alpha value is -2.47. The Morgan fingerprint density at radius 3 is 2.59 bits per heavy atom. The third-order valence-corrected chi connectivity index (χ3v) is 6.25. The molecule has 0 bridgehead atoms. The zero-order valence-corrected chi connectivity index (χ0v) is 15.2. The van der Waals surface area contributed by atoms with Crippen molar-refractivity contribution in [1.82, 2.24) is 5.32 Å². The number of carbonyl (C=O) groups is 1. The normalized spacial score (nSPS) is 21.7. The van der Waals surface area contributed by atoms with Crippen molar-refractivity contribution < 1.29 is 18.0 Å². The third kappa shape index (κ3) is 3.08. The summed E-state index contributed by atoms with van der Waals surface area (Å²) in [7, 11) is 1.68. The molecule has 2 aliphatic rings. The first kappa shape index (κ1) is 17.9. The largest absolute Gasteiger partial charge is 0.416 e. The number of rotatable bonds is 3. The van der Waals surface area contributed by atoms with E-state index >= 15 is 0 Å². The van der Waals surface area contributed by atoms with Gasteiger partial charge in [0.05, 0.1) is 21.4 Å². The third-order valence-electron chi connectivity index (χ3n) is 4.85. The van der Waals surface area contributed by atoms with E-state index in [1.54, 1.807) is 13.1 Å². The Morgan fingerprint density at radius 1 is 1.07 bits per heavy atom. The van der Waals surface area contributed by atoms with Crippen LogP contribution in [0, 0.1) is 0 Å². The minimum atomic E-state index is -4.45. The Bertz CT molecular complexity index is 977. The van der Waals surface area contributed by atoms with E-state index in [-0.39, 0.29) is 11.7 Å². The molecule has 138 valence electrons. The fourth-order valence-corrected chi connectivity index (χ4v) is 4.90. The molecule has 2 unspecified atom stereocenters. The molecule has 0 saturated heterocycles. The zero-order valence-electron chi connectivity index (χ0n) is 14.4. The van der Waals surface area contributed by atoms with Gasteiger partial charge in [0, 0.05) is 13.0 Å². The average Bonchev–Trinajstić information content (AvgIpc) is 3.21. The average molecular weight is 387 g/mol. The minimum absolute atomic E-state index is 0.0923. The van der Waals surface area contributed by atoms with Crippen molar-refractivity contribution in [3.63, 3.8) is 0 Å². The summed E-state index contributed by atoms with van der Waals surface area (Å²) in [5.74, 6) is -0.236. The van der Waals surface area contributed by atoms with Gasteiger partial charge in [-0.2, -0.15) is 13.2 Å². The van der Waals surface area contributed by atoms with Gasteiger partial charge in [-0.3, -0.25) is 4.79 Å². The van der Waals surface area contributed by atoms with Gasteiger partial charge in [0.2, 0.25) is 0 Å². The van der Waals surface area contributed by atoms with E-state index in [0.29, 0.717) is 16.2 Å². The van der Waals surface area contributed by atoms with Crippen molar-refractivity contribution in [1.29, 1.82) is 0 Å². The molecule has 0 fully saturated rings. The molecule has 4 rings (SSSR count). The van der Waals surface area contributed by atoms with Crippen LogP contribution in [0.4, 0.5) is 13.2 Å². The van der Waals surface area contributed by atoms with Crippen LogP contribution < -0.4 is 5.32 Å². The van der Waals surface area contributed by atoms with Gasteiger partial charge in [0.1, 0.15) is 0 Å². The number of halogens is 3. The Labute approximate surface area is 159 Å². The fraction of sp³-hybridized carbons (Fsp3) is 0.190. The van der Waals surface area contributed by atoms with Crippen LogP contribution in [-0.4, -0.2) is 18.1 Å². The van der Waals surface area contributed by atoms with Gasteiger partial charge in [0.15, 0.2) is 5.78 Å². The standard InChI is InChI=1S/C21H16F3NOS/c1-25-20-17(13-6-4-7-14(11-13)21(22,23)24)18(26)19(27-20)16-10-9-12-5-2-3-8-15(12)16/h2-11,16,19,25H,1H3. The number of hydrogen-bond donors (Lipinski definition) is 1. The number of fused-ring (bicyclic) bond motifs is 1. The molecule has 0 aromatic heterocycles. The van der Waals surface area contributed by atoms with Crippen molar-refractivity contribution in [2.75, 3.05) is 7.05 Å². The van der Waals surface area contributed by atoms with Gasteiger partial charge >= 0.3 is 6.18 Å². The van der Waals surface area contributed by atoms with Crippen LogP contribution in [0.1, 0.15) is 28.2 Å². The molecule has 0 saturated carbocycles. The van der Waals surface area contributed by atoms with E-state index in [1.165, 1.54) is 17.8 Å². The van der Waals surface area contributed by atoms with Crippen LogP contribution in [0.2, 0.25) is 0 Å². The lowest BCUT2D eigenvalue weighted by atomic mass is 9.90. The second-order valence-corrected chi connectivity index (χ2v) is 7.60. The lowest BCUT2D eigenvalue weighted by molar-refractivity contribution is -0.137. The molecule has 0 amide bonds. The van der Waals surface area contributed by atoms with Crippen LogP contribution in [0.3, 0.4) is 0 Å². The van der Waals surface area contributed by atoms with Crippen LogP contribution in [0.15, 0.2) is 59.6 Å². The van der Waals surface area contributed by atoms with Crippen LogP contribution in [0.25, 0.3) is 11.6 Å². The van der Waals surface area contributed by atoms with E-state index in [4.69, 9.17) is 0 Å². The molecule has 0 spiro atoms. The van der Waals surface area contributed by atoms with Gasteiger partial charge in [-0.1, -0.05) is 60.3 Å². The van der Waals surface area contributed by atoms with Crippen molar-refractivity contribution in [3.05, 3.63) is 81.9 Å². The molecular formula is C21H16F3NOS. The Kier molecular flexibility index (Phi) is 4.38. The maximum absolute atomic E-state index is 13.2. The number of benzene rings is 2. The summed E-state index contributed by atoms with van der Waals surface area (Å²) in [6, 6.07) is 12.8. The summed E-state index contributed by atoms with van der Waals surface area (Å²) in [6.07, 6.45) is -0.449. The molecule has 1 heterocycles. The second-order valence-electron chi connectivity index (χ2n) is 6.45. The van der Waals surface area contributed by atoms with Crippen LogP contribution >= 0.6 is 11.8 Å². The van der Waals surface area contributed by atoms with Crippen molar-refractivity contribution >= 4 is 29.2 Å². The molecule has 0 radical (unpaired) electrons. The quantitative estimate of drug-likeness (QED) is 0.796. The molecule has 27 heavy (non-hydrogen) atoms. The molecule has 2 aromatic rings. The highest BCUT2D eigenvalue weighted by molar-refractivity contribution is 8.05. The topological polar surface area (TPSA) is 29.1 Å². The highest BCUT2D eigenvalue weighted by Gasteiger charge is 2.41. The zero-order chi connectivity index (χ0) is 19.2. The highest BCUT2D eigenvalue weighted by Crippen LogP contribution is 2.48. The number of alkyl halides is 3. The van der Waals surface area contributed by atoms with Gasteiger partial charge in [0.25, 0.3) is 0 Å². The Balaban J connectivity index is 1.71. The van der Waals surface area contributed by atoms with Gasteiger partial charge in [-0.15, -0.1) is 0 Å². The molecule has 2 aromatic carbocycles. The number of hydrogen-bond acceptors (Lipinski definition) is 3. The predicted molar refractivity (Wildman–Crippen MR) is 102 cm³/mol. The first-order valence-electron chi connectivity index (χ1n) is 8.48. The molecular weight excluding hydrogens is 371 g/mol. The van der Waals surface area contributed by atoms with Gasteiger partial charge in [-0.05, 0) is 28.8 Å². The van der Waals surface area contributed by atoms with Crippen molar-refractivity contribution in [2.45, 2.75) is 17.3 Å². The maximum atomic E-state index is 13.2. The predicted octanol–water partition coefficient (Wildman–Crippen LogP) is 5.09. The van der Waals surface area contributed by atoms with Crippen molar-refractivity contribution in [3.8, 4) is 0 Å². The summed E-state index contributed by atoms with van der Waals surface area (Å²) in [5, 5.41) is 3.22. The van der Waals surface area contributed by atoms with Gasteiger partial charge < -0.3 is 5.32 Å². The number of thioether (sulfide) groups is 1. The van der Waals surface area contributed by atoms with Crippen LogP contribution in [0.5, 0.6) is 0 Å². The monoisotopic (exact) mass is 387 g/mol. The lowest BCUT2D eigenvalue weighted by Crippen LogP contribution is -2.20. The smallest absolute Gasteiger partial charge is 0.382 e. The summed E-state index contributed by atoms with van der Waals surface area (Å²) in [5.41, 5.74) is 2.02. The summed E-state index contributed by atoms with van der Waals surface area (Å²) >= 11 is 1.38. The number of allylic oxidation sites excluding steroid dienone is 2. The first-order chi connectivity index (χ1) is 12.9. The van der Waals surface area contributed by atoms with E-state index in [0.717, 1.165) is 23.3 Å².